The Balaban J connectivity index is 0.00000200. The Morgan fingerprint density at radius 2 is 1.90 bits per heavy atom. The van der Waals surface area contributed by atoms with Gasteiger partial charge in [-0.25, -0.2) is 0 Å². The lowest BCUT2D eigenvalue weighted by atomic mass is 9.84. The average molecular weight is 387 g/mol. The van der Waals surface area contributed by atoms with E-state index in [0.29, 0.717) is 0 Å². The monoisotopic (exact) mass is 387 g/mol. The van der Waals surface area contributed by atoms with Gasteiger partial charge in [0, 0.05) is 25.6 Å². The van der Waals surface area contributed by atoms with Gasteiger partial charge in [-0.3, -0.25) is 4.99 Å². The first-order valence-corrected chi connectivity index (χ1v) is 7.12. The van der Waals surface area contributed by atoms with Gasteiger partial charge in [0.1, 0.15) is 0 Å². The van der Waals surface area contributed by atoms with E-state index in [2.05, 4.69) is 67.3 Å². The van der Waals surface area contributed by atoms with Crippen LogP contribution in [0.25, 0.3) is 0 Å². The van der Waals surface area contributed by atoms with Gasteiger partial charge in [-0.15, -0.1) is 24.0 Å². The number of guanidine groups is 1. The van der Waals surface area contributed by atoms with Crippen LogP contribution in [0.4, 0.5) is 0 Å². The number of hydrogen-bond donors (Lipinski definition) is 1. The van der Waals surface area contributed by atoms with Crippen molar-refractivity contribution in [3.8, 4) is 0 Å². The van der Waals surface area contributed by atoms with Crippen molar-refractivity contribution in [3.63, 3.8) is 0 Å². The molecule has 1 heterocycles. The lowest BCUT2D eigenvalue weighted by molar-refractivity contribution is 0.480. The molecule has 0 atom stereocenters. The fraction of sp³-hybridized carbons (Fsp3) is 0.562. The number of nitrogens with one attached hydrogen (secondary N) is 1. The van der Waals surface area contributed by atoms with E-state index >= 15 is 0 Å². The standard InChI is InChI=1S/C16H25N3.HI/c1-5-13-6-8-14(9-7-13)16(2,3)12-18-15-17-10-11-19(15)4;/h6-9H,5,10-12H2,1-4H3,(H,17,18);1H. The second-order valence-corrected chi connectivity index (χ2v) is 5.91. The van der Waals surface area contributed by atoms with Gasteiger partial charge in [0.2, 0.25) is 0 Å². The minimum atomic E-state index is 0. The van der Waals surface area contributed by atoms with E-state index in [1.807, 2.05) is 0 Å². The third kappa shape index (κ3) is 4.11. The van der Waals surface area contributed by atoms with Crippen LogP contribution in [0.15, 0.2) is 29.3 Å². The second kappa shape index (κ2) is 7.29. The first-order valence-electron chi connectivity index (χ1n) is 7.12. The molecule has 0 spiro atoms. The Morgan fingerprint density at radius 1 is 1.25 bits per heavy atom. The number of rotatable bonds is 4. The molecular formula is C16H26IN3. The molecule has 0 fully saturated rings. The van der Waals surface area contributed by atoms with Gasteiger partial charge >= 0.3 is 0 Å². The maximum Gasteiger partial charge on any atom is 0.193 e. The van der Waals surface area contributed by atoms with Crippen LogP contribution in [0.2, 0.25) is 0 Å². The highest BCUT2D eigenvalue weighted by molar-refractivity contribution is 14.0. The molecule has 1 N–H and O–H groups in total. The van der Waals surface area contributed by atoms with Crippen LogP contribution in [0.5, 0.6) is 0 Å². The number of benzene rings is 1. The first kappa shape index (κ1) is 17.3. The number of aliphatic imine (C=N–C) groups is 1. The van der Waals surface area contributed by atoms with Gasteiger partial charge in [-0.2, -0.15) is 0 Å². The van der Waals surface area contributed by atoms with Crippen molar-refractivity contribution in [1.82, 2.24) is 10.2 Å². The van der Waals surface area contributed by atoms with E-state index in [9.17, 15) is 0 Å². The molecule has 0 aliphatic carbocycles. The maximum absolute atomic E-state index is 4.47. The van der Waals surface area contributed by atoms with Gasteiger partial charge < -0.3 is 10.2 Å². The average Bonchev–Trinajstić information content (AvgIpc) is 2.82. The van der Waals surface area contributed by atoms with E-state index in [-0.39, 0.29) is 29.4 Å². The molecule has 1 aliphatic heterocycles. The lowest BCUT2D eigenvalue weighted by Crippen LogP contribution is -2.42. The molecule has 1 aliphatic rings. The van der Waals surface area contributed by atoms with Crippen LogP contribution < -0.4 is 5.32 Å². The normalized spacial score (nSPS) is 14.8. The smallest absolute Gasteiger partial charge is 0.193 e. The highest BCUT2D eigenvalue weighted by Crippen LogP contribution is 2.23. The number of nitrogens with zero attached hydrogens (tertiary/aromatic N) is 2. The Morgan fingerprint density at radius 3 is 2.40 bits per heavy atom. The fourth-order valence-electron chi connectivity index (χ4n) is 2.32. The van der Waals surface area contributed by atoms with Crippen molar-refractivity contribution in [2.75, 3.05) is 26.7 Å². The summed E-state index contributed by atoms with van der Waals surface area (Å²) in [6.45, 7) is 9.57. The Bertz CT molecular complexity index is 451. The summed E-state index contributed by atoms with van der Waals surface area (Å²) in [7, 11) is 2.09. The van der Waals surface area contributed by atoms with E-state index in [1.54, 1.807) is 0 Å². The summed E-state index contributed by atoms with van der Waals surface area (Å²) >= 11 is 0. The quantitative estimate of drug-likeness (QED) is 0.805. The summed E-state index contributed by atoms with van der Waals surface area (Å²) in [6.07, 6.45) is 1.10. The molecule has 0 radical (unpaired) electrons. The molecule has 20 heavy (non-hydrogen) atoms. The predicted molar refractivity (Wildman–Crippen MR) is 97.2 cm³/mol. The third-order valence-corrected chi connectivity index (χ3v) is 3.89. The van der Waals surface area contributed by atoms with Crippen LogP contribution in [0, 0.1) is 0 Å². The van der Waals surface area contributed by atoms with E-state index < -0.39 is 0 Å². The van der Waals surface area contributed by atoms with Crippen molar-refractivity contribution in [3.05, 3.63) is 35.4 Å². The second-order valence-electron chi connectivity index (χ2n) is 5.91. The Labute approximate surface area is 139 Å². The summed E-state index contributed by atoms with van der Waals surface area (Å²) in [6, 6.07) is 8.97. The number of hydrogen-bond acceptors (Lipinski definition) is 3. The van der Waals surface area contributed by atoms with Crippen molar-refractivity contribution >= 4 is 29.9 Å². The van der Waals surface area contributed by atoms with Crippen LogP contribution >= 0.6 is 24.0 Å². The molecule has 0 aromatic heterocycles. The Hall–Kier alpha value is -0.780. The van der Waals surface area contributed by atoms with Crippen LogP contribution in [0.1, 0.15) is 31.9 Å². The summed E-state index contributed by atoms with van der Waals surface area (Å²) in [5, 5.41) is 3.47. The number of aryl methyl sites for hydroxylation is 1. The van der Waals surface area contributed by atoms with Gasteiger partial charge in [-0.05, 0) is 17.5 Å². The zero-order valence-corrected chi connectivity index (χ0v) is 15.3. The summed E-state index contributed by atoms with van der Waals surface area (Å²) < 4.78 is 0. The maximum atomic E-state index is 4.47. The molecule has 112 valence electrons. The highest BCUT2D eigenvalue weighted by atomic mass is 127. The van der Waals surface area contributed by atoms with Crippen LogP contribution in [0.3, 0.4) is 0 Å². The largest absolute Gasteiger partial charge is 0.355 e. The molecule has 2 rings (SSSR count). The van der Waals surface area contributed by atoms with Crippen LogP contribution in [-0.2, 0) is 11.8 Å². The molecule has 3 nitrogen and oxygen atoms in total. The van der Waals surface area contributed by atoms with Crippen LogP contribution in [-0.4, -0.2) is 37.5 Å². The molecule has 0 amide bonds. The van der Waals surface area contributed by atoms with Gasteiger partial charge in [0.05, 0.1) is 6.54 Å². The first-order chi connectivity index (χ1) is 9.03. The fourth-order valence-corrected chi connectivity index (χ4v) is 2.32. The van der Waals surface area contributed by atoms with Gasteiger partial charge in [0.15, 0.2) is 5.96 Å². The van der Waals surface area contributed by atoms with Crippen molar-refractivity contribution in [2.45, 2.75) is 32.6 Å². The summed E-state index contributed by atoms with van der Waals surface area (Å²) in [4.78, 5) is 6.65. The zero-order valence-electron chi connectivity index (χ0n) is 12.9. The summed E-state index contributed by atoms with van der Waals surface area (Å²) in [5.41, 5.74) is 2.88. The highest BCUT2D eigenvalue weighted by Gasteiger charge is 2.22. The lowest BCUT2D eigenvalue weighted by Gasteiger charge is -2.27. The molecule has 1 aromatic rings. The minimum Gasteiger partial charge on any atom is -0.355 e. The third-order valence-electron chi connectivity index (χ3n) is 3.89. The summed E-state index contributed by atoms with van der Waals surface area (Å²) in [5.74, 6) is 1.03. The van der Waals surface area contributed by atoms with Gasteiger partial charge in [-0.1, -0.05) is 45.0 Å². The minimum absolute atomic E-state index is 0. The molecule has 4 heteroatoms. The molecule has 0 bridgehead atoms. The number of likely N-dealkylation sites (N-methyl/N-ethyl adjacent to an activating group) is 1. The number of halogens is 1. The van der Waals surface area contributed by atoms with E-state index in [0.717, 1.165) is 32.0 Å². The van der Waals surface area contributed by atoms with E-state index in [1.165, 1.54) is 11.1 Å². The topological polar surface area (TPSA) is 27.6 Å². The Kier molecular flexibility index (Phi) is 6.30. The molecule has 0 saturated carbocycles. The molecule has 0 unspecified atom stereocenters. The van der Waals surface area contributed by atoms with Crippen molar-refractivity contribution < 1.29 is 0 Å². The molecule has 1 aromatic carbocycles. The predicted octanol–water partition coefficient (Wildman–Crippen LogP) is 3.04. The van der Waals surface area contributed by atoms with E-state index in [4.69, 9.17) is 0 Å². The zero-order chi connectivity index (χ0) is 13.9. The molecular weight excluding hydrogens is 361 g/mol. The molecule has 0 saturated heterocycles. The van der Waals surface area contributed by atoms with Crippen molar-refractivity contribution in [1.29, 1.82) is 0 Å². The SMILES string of the molecule is CCc1ccc(C(C)(C)CNC2=NCCN2C)cc1.I. The van der Waals surface area contributed by atoms with Gasteiger partial charge in [0.25, 0.3) is 0 Å². The van der Waals surface area contributed by atoms with Crippen molar-refractivity contribution in [2.24, 2.45) is 4.99 Å².